The first-order valence-corrected chi connectivity index (χ1v) is 5.70. The summed E-state index contributed by atoms with van der Waals surface area (Å²) >= 11 is 0. The number of hydrogen-bond donors (Lipinski definition) is 1. The van der Waals surface area contributed by atoms with E-state index in [0.29, 0.717) is 0 Å². The highest BCUT2D eigenvalue weighted by Gasteiger charge is 2.21. The van der Waals surface area contributed by atoms with Crippen molar-refractivity contribution in [3.05, 3.63) is 35.1 Å². The van der Waals surface area contributed by atoms with Gasteiger partial charge in [0.05, 0.1) is 0 Å². The Bertz CT molecular complexity index is 342. The molecule has 0 saturated heterocycles. The Morgan fingerprint density at radius 1 is 1.47 bits per heavy atom. The van der Waals surface area contributed by atoms with Crippen molar-refractivity contribution in [1.29, 1.82) is 0 Å². The van der Waals surface area contributed by atoms with Crippen LogP contribution in [0.25, 0.3) is 0 Å². The van der Waals surface area contributed by atoms with E-state index >= 15 is 0 Å². The average Bonchev–Trinajstić information content (AvgIpc) is 3.00. The molecule has 1 aromatic rings. The summed E-state index contributed by atoms with van der Waals surface area (Å²) in [7, 11) is 0. The minimum atomic E-state index is -0.0833. The van der Waals surface area contributed by atoms with E-state index in [0.717, 1.165) is 29.9 Å². The second-order valence-electron chi connectivity index (χ2n) is 4.62. The first-order chi connectivity index (χ1) is 7.16. The van der Waals surface area contributed by atoms with Crippen LogP contribution in [0.2, 0.25) is 0 Å². The molecule has 0 unspecified atom stereocenters. The quantitative estimate of drug-likeness (QED) is 0.806. The second-order valence-corrected chi connectivity index (χ2v) is 4.62. The lowest BCUT2D eigenvalue weighted by molar-refractivity contribution is 0.595. The van der Waals surface area contributed by atoms with E-state index in [1.165, 1.54) is 12.8 Å². The van der Waals surface area contributed by atoms with E-state index in [2.05, 4.69) is 0 Å². The number of benzene rings is 1. The molecular weight excluding hydrogens is 189 g/mol. The van der Waals surface area contributed by atoms with Crippen molar-refractivity contribution in [2.24, 2.45) is 11.7 Å². The monoisotopic (exact) mass is 207 g/mol. The van der Waals surface area contributed by atoms with Crippen LogP contribution < -0.4 is 5.73 Å². The molecule has 1 nitrogen and oxygen atoms in total. The largest absolute Gasteiger partial charge is 0.324 e. The van der Waals surface area contributed by atoms with Gasteiger partial charge in [0.2, 0.25) is 0 Å². The summed E-state index contributed by atoms with van der Waals surface area (Å²) < 4.78 is 13.5. The molecule has 0 aliphatic heterocycles. The molecule has 2 heteroatoms. The van der Waals surface area contributed by atoms with Crippen LogP contribution in [0.5, 0.6) is 0 Å². The molecule has 1 aliphatic rings. The highest BCUT2D eigenvalue weighted by molar-refractivity contribution is 5.27. The van der Waals surface area contributed by atoms with Crippen LogP contribution in [0.15, 0.2) is 18.2 Å². The van der Waals surface area contributed by atoms with Crippen LogP contribution in [-0.2, 0) is 6.42 Å². The maximum Gasteiger partial charge on any atom is 0.126 e. The third kappa shape index (κ3) is 2.78. The normalized spacial score (nSPS) is 17.8. The van der Waals surface area contributed by atoms with Gasteiger partial charge >= 0.3 is 0 Å². The molecule has 0 spiro atoms. The fourth-order valence-electron chi connectivity index (χ4n) is 1.84. The Kier molecular flexibility index (Phi) is 3.06. The highest BCUT2D eigenvalue weighted by Crippen LogP contribution is 2.33. The summed E-state index contributed by atoms with van der Waals surface area (Å²) in [5.74, 6) is 0.767. The maximum absolute atomic E-state index is 13.5. The molecule has 1 aromatic carbocycles. The van der Waals surface area contributed by atoms with Gasteiger partial charge in [0.25, 0.3) is 0 Å². The molecule has 82 valence electrons. The smallest absolute Gasteiger partial charge is 0.126 e. The molecule has 1 atom stereocenters. The predicted octanol–water partition coefficient (Wildman–Crippen LogP) is 3.19. The van der Waals surface area contributed by atoms with Gasteiger partial charge in [0.15, 0.2) is 0 Å². The Hall–Kier alpha value is -0.890. The molecule has 1 fully saturated rings. The number of hydrogen-bond acceptors (Lipinski definition) is 1. The van der Waals surface area contributed by atoms with Crippen LogP contribution in [0.1, 0.15) is 43.4 Å². The molecule has 0 radical (unpaired) electrons. The van der Waals surface area contributed by atoms with Crippen molar-refractivity contribution in [3.63, 3.8) is 0 Å². The molecule has 0 bridgehead atoms. The number of halogens is 1. The molecule has 0 aromatic heterocycles. The van der Waals surface area contributed by atoms with Gasteiger partial charge in [-0.2, -0.15) is 0 Å². The minimum Gasteiger partial charge on any atom is -0.324 e. The van der Waals surface area contributed by atoms with Gasteiger partial charge in [-0.05, 0) is 42.9 Å². The Morgan fingerprint density at radius 3 is 2.80 bits per heavy atom. The fourth-order valence-corrected chi connectivity index (χ4v) is 1.84. The fraction of sp³-hybridized carbons (Fsp3) is 0.538. The first kappa shape index (κ1) is 10.6. The Balaban J connectivity index is 2.08. The van der Waals surface area contributed by atoms with Crippen molar-refractivity contribution >= 4 is 0 Å². The minimum absolute atomic E-state index is 0.00900. The Morgan fingerprint density at radius 2 is 2.20 bits per heavy atom. The van der Waals surface area contributed by atoms with E-state index in [4.69, 9.17) is 5.73 Å². The van der Waals surface area contributed by atoms with Gasteiger partial charge in [0.1, 0.15) is 5.82 Å². The van der Waals surface area contributed by atoms with E-state index in [9.17, 15) is 4.39 Å². The first-order valence-electron chi connectivity index (χ1n) is 5.70. The predicted molar refractivity (Wildman–Crippen MR) is 60.0 cm³/mol. The maximum atomic E-state index is 13.5. The van der Waals surface area contributed by atoms with Gasteiger partial charge in [0, 0.05) is 6.04 Å². The lowest BCUT2D eigenvalue weighted by Gasteiger charge is -2.09. The molecule has 1 aliphatic carbocycles. The van der Waals surface area contributed by atoms with Gasteiger partial charge in [-0.3, -0.25) is 0 Å². The van der Waals surface area contributed by atoms with Crippen molar-refractivity contribution in [1.82, 2.24) is 0 Å². The summed E-state index contributed by atoms with van der Waals surface area (Å²) in [6.45, 7) is 1.93. The van der Waals surface area contributed by atoms with E-state index < -0.39 is 0 Å². The van der Waals surface area contributed by atoms with Crippen molar-refractivity contribution in [2.75, 3.05) is 0 Å². The summed E-state index contributed by atoms with van der Waals surface area (Å²) in [5, 5.41) is 0. The van der Waals surface area contributed by atoms with Crippen molar-refractivity contribution in [3.8, 4) is 0 Å². The van der Waals surface area contributed by atoms with Crippen LogP contribution in [-0.4, -0.2) is 0 Å². The third-order valence-electron chi connectivity index (χ3n) is 3.11. The summed E-state index contributed by atoms with van der Waals surface area (Å²) in [4.78, 5) is 0. The van der Waals surface area contributed by atoms with Gasteiger partial charge in [-0.1, -0.05) is 25.0 Å². The number of rotatable bonds is 4. The topological polar surface area (TPSA) is 26.0 Å². The summed E-state index contributed by atoms with van der Waals surface area (Å²) in [6, 6.07) is 5.23. The molecule has 2 N–H and O–H groups in total. The van der Waals surface area contributed by atoms with Crippen LogP contribution in [0.3, 0.4) is 0 Å². The molecule has 0 amide bonds. The zero-order valence-corrected chi connectivity index (χ0v) is 9.17. The molecular formula is C13H18FN. The highest BCUT2D eigenvalue weighted by atomic mass is 19.1. The summed E-state index contributed by atoms with van der Waals surface area (Å²) in [5.41, 5.74) is 7.64. The average molecular weight is 207 g/mol. The molecule has 1 saturated carbocycles. The van der Waals surface area contributed by atoms with Crippen molar-refractivity contribution in [2.45, 2.75) is 38.6 Å². The van der Waals surface area contributed by atoms with Gasteiger partial charge in [-0.15, -0.1) is 0 Å². The number of nitrogens with two attached hydrogens (primary N) is 1. The van der Waals surface area contributed by atoms with E-state index in [1.54, 1.807) is 12.1 Å². The van der Waals surface area contributed by atoms with Crippen LogP contribution >= 0.6 is 0 Å². The van der Waals surface area contributed by atoms with Crippen molar-refractivity contribution < 1.29 is 4.39 Å². The Labute approximate surface area is 90.5 Å². The van der Waals surface area contributed by atoms with Crippen LogP contribution in [0.4, 0.5) is 4.39 Å². The molecule has 2 rings (SSSR count). The zero-order chi connectivity index (χ0) is 10.8. The van der Waals surface area contributed by atoms with Gasteiger partial charge < -0.3 is 5.73 Å². The van der Waals surface area contributed by atoms with Gasteiger partial charge in [-0.25, -0.2) is 4.39 Å². The lowest BCUT2D eigenvalue weighted by Crippen LogP contribution is -2.06. The number of aryl methyl sites for hydroxylation is 1. The second kappa shape index (κ2) is 4.31. The van der Waals surface area contributed by atoms with E-state index in [1.807, 2.05) is 13.0 Å². The molecule has 0 heterocycles. The standard InChI is InChI=1S/C13H18FN/c1-9(15)11-6-7-13(14)12(8-11)5-4-10-2-3-10/h6-10H,2-5,15H2,1H3/t9-/m1/s1. The van der Waals surface area contributed by atoms with E-state index in [-0.39, 0.29) is 11.9 Å². The summed E-state index contributed by atoms with van der Waals surface area (Å²) in [6.07, 6.45) is 4.64. The third-order valence-corrected chi connectivity index (χ3v) is 3.11. The SMILES string of the molecule is C[C@@H](N)c1ccc(F)c(CCC2CC2)c1. The zero-order valence-electron chi connectivity index (χ0n) is 9.17. The van der Waals surface area contributed by atoms with Crippen LogP contribution in [0, 0.1) is 11.7 Å². The lowest BCUT2D eigenvalue weighted by atomic mass is 10.0. The molecule has 15 heavy (non-hydrogen) atoms.